The van der Waals surface area contributed by atoms with Crippen LogP contribution in [0.25, 0.3) is 5.65 Å². The zero-order valence-electron chi connectivity index (χ0n) is 8.81. The molecule has 2 aromatic rings. The van der Waals surface area contributed by atoms with Crippen LogP contribution in [0.2, 0.25) is 5.02 Å². The molecule has 2 heterocycles. The molecule has 2 rings (SSSR count). The average Bonchev–Trinajstić information content (AvgIpc) is 2.67. The summed E-state index contributed by atoms with van der Waals surface area (Å²) in [5.74, 6) is 0.398. The number of imidazole rings is 1. The molecule has 0 aliphatic heterocycles. The van der Waals surface area contributed by atoms with Crippen molar-refractivity contribution < 1.29 is 0 Å². The highest BCUT2D eigenvalue weighted by atomic mass is 35.5. The summed E-state index contributed by atoms with van der Waals surface area (Å²) in [6, 6.07) is 3.67. The second-order valence-electron chi connectivity index (χ2n) is 3.31. The van der Waals surface area contributed by atoms with Crippen LogP contribution in [0.4, 0.5) is 0 Å². The monoisotopic (exact) mass is 237 g/mol. The molecular formula is C10H12ClN5. The van der Waals surface area contributed by atoms with E-state index in [9.17, 15) is 0 Å². The van der Waals surface area contributed by atoms with Crippen LogP contribution in [0.3, 0.4) is 0 Å². The zero-order chi connectivity index (χ0) is 11.5. The van der Waals surface area contributed by atoms with Gasteiger partial charge in [-0.2, -0.15) is 0 Å². The van der Waals surface area contributed by atoms with Crippen molar-refractivity contribution in [1.29, 1.82) is 0 Å². The number of fused-ring (bicyclic) bond motifs is 1. The van der Waals surface area contributed by atoms with Crippen LogP contribution in [0, 0.1) is 0 Å². The number of aliphatic imine (C=N–C) groups is 1. The Hall–Kier alpha value is -1.75. The number of halogens is 1. The second kappa shape index (κ2) is 4.40. The van der Waals surface area contributed by atoms with E-state index in [1.54, 1.807) is 7.05 Å². The zero-order valence-corrected chi connectivity index (χ0v) is 9.57. The van der Waals surface area contributed by atoms with Crippen molar-refractivity contribution in [2.45, 2.75) is 6.54 Å². The minimum Gasteiger partial charge on any atom is -0.370 e. The van der Waals surface area contributed by atoms with E-state index in [-0.39, 0.29) is 0 Å². The average molecular weight is 238 g/mol. The first-order valence-corrected chi connectivity index (χ1v) is 5.16. The number of pyridine rings is 1. The maximum Gasteiger partial charge on any atom is 0.188 e. The lowest BCUT2D eigenvalue weighted by Crippen LogP contribution is -2.30. The molecule has 0 saturated carbocycles. The Labute approximate surface area is 98.0 Å². The van der Waals surface area contributed by atoms with E-state index in [4.69, 9.17) is 17.3 Å². The quantitative estimate of drug-likeness (QED) is 0.605. The van der Waals surface area contributed by atoms with Crippen molar-refractivity contribution in [1.82, 2.24) is 14.7 Å². The summed E-state index contributed by atoms with van der Waals surface area (Å²) in [6.45, 7) is 0.544. The van der Waals surface area contributed by atoms with Gasteiger partial charge in [0.2, 0.25) is 0 Å². The molecule has 2 aromatic heterocycles. The molecule has 0 atom stereocenters. The second-order valence-corrected chi connectivity index (χ2v) is 3.74. The molecule has 3 N–H and O–H groups in total. The summed E-state index contributed by atoms with van der Waals surface area (Å²) in [7, 11) is 1.63. The van der Waals surface area contributed by atoms with Gasteiger partial charge in [0, 0.05) is 19.4 Å². The van der Waals surface area contributed by atoms with E-state index in [2.05, 4.69) is 15.3 Å². The molecule has 6 heteroatoms. The summed E-state index contributed by atoms with van der Waals surface area (Å²) in [4.78, 5) is 8.19. The third-order valence-electron chi connectivity index (χ3n) is 2.16. The predicted molar refractivity (Wildman–Crippen MR) is 64.6 cm³/mol. The summed E-state index contributed by atoms with van der Waals surface area (Å²) >= 11 is 5.87. The lowest BCUT2D eigenvalue weighted by Gasteiger charge is -2.00. The fraction of sp³-hybridized carbons (Fsp3) is 0.200. The summed E-state index contributed by atoms with van der Waals surface area (Å²) in [5, 5.41) is 3.62. The van der Waals surface area contributed by atoms with Gasteiger partial charge in [0.15, 0.2) is 5.96 Å². The Kier molecular flexibility index (Phi) is 2.96. The van der Waals surface area contributed by atoms with Gasteiger partial charge in [0.25, 0.3) is 0 Å². The molecule has 5 nitrogen and oxygen atoms in total. The smallest absolute Gasteiger partial charge is 0.188 e. The number of nitrogens with two attached hydrogens (primary N) is 1. The highest BCUT2D eigenvalue weighted by molar-refractivity contribution is 6.30. The van der Waals surface area contributed by atoms with Gasteiger partial charge in [-0.25, -0.2) is 4.98 Å². The molecule has 0 radical (unpaired) electrons. The molecule has 0 bridgehead atoms. The highest BCUT2D eigenvalue weighted by Crippen LogP contribution is 2.11. The molecule has 0 spiro atoms. The van der Waals surface area contributed by atoms with Gasteiger partial charge in [-0.3, -0.25) is 4.99 Å². The first-order chi connectivity index (χ1) is 7.69. The third kappa shape index (κ3) is 2.25. The minimum absolute atomic E-state index is 0.398. The minimum atomic E-state index is 0.398. The van der Waals surface area contributed by atoms with Crippen LogP contribution >= 0.6 is 11.6 Å². The Morgan fingerprint density at radius 2 is 2.38 bits per heavy atom. The number of nitrogens with one attached hydrogen (secondary N) is 1. The molecular weight excluding hydrogens is 226 g/mol. The molecule has 0 aliphatic rings. The van der Waals surface area contributed by atoms with E-state index < -0.39 is 0 Å². The van der Waals surface area contributed by atoms with Crippen molar-refractivity contribution in [3.63, 3.8) is 0 Å². The number of hydrogen-bond acceptors (Lipinski definition) is 2. The summed E-state index contributed by atoms with van der Waals surface area (Å²) in [5.41, 5.74) is 7.26. The van der Waals surface area contributed by atoms with Gasteiger partial charge >= 0.3 is 0 Å². The van der Waals surface area contributed by atoms with Crippen LogP contribution in [0.5, 0.6) is 0 Å². The summed E-state index contributed by atoms with van der Waals surface area (Å²) < 4.78 is 1.87. The van der Waals surface area contributed by atoms with E-state index in [1.807, 2.05) is 28.9 Å². The maximum atomic E-state index is 5.87. The van der Waals surface area contributed by atoms with Gasteiger partial charge in [0.05, 0.1) is 17.3 Å². The normalized spacial score (nSPS) is 12.0. The van der Waals surface area contributed by atoms with Gasteiger partial charge in [-0.05, 0) is 12.1 Å². The first-order valence-electron chi connectivity index (χ1n) is 4.78. The fourth-order valence-electron chi connectivity index (χ4n) is 1.36. The molecule has 0 saturated heterocycles. The van der Waals surface area contributed by atoms with Crippen molar-refractivity contribution in [2.75, 3.05) is 7.05 Å². The van der Waals surface area contributed by atoms with Crippen LogP contribution in [0.15, 0.2) is 29.5 Å². The van der Waals surface area contributed by atoms with Crippen molar-refractivity contribution in [3.05, 3.63) is 35.2 Å². The van der Waals surface area contributed by atoms with Gasteiger partial charge < -0.3 is 15.5 Å². The van der Waals surface area contributed by atoms with Crippen LogP contribution in [-0.2, 0) is 6.54 Å². The maximum absolute atomic E-state index is 5.87. The molecule has 0 amide bonds. The van der Waals surface area contributed by atoms with E-state index in [1.165, 1.54) is 0 Å². The molecule has 0 unspecified atom stereocenters. The van der Waals surface area contributed by atoms with Crippen molar-refractivity contribution in [2.24, 2.45) is 10.7 Å². The SMILES string of the molecule is CN=C(N)NCc1cn2cc(Cl)ccc2n1. The number of guanidine groups is 1. The molecule has 16 heavy (non-hydrogen) atoms. The van der Waals surface area contributed by atoms with E-state index in [0.717, 1.165) is 11.3 Å². The number of nitrogens with zero attached hydrogens (tertiary/aromatic N) is 3. The molecule has 0 aromatic carbocycles. The van der Waals surface area contributed by atoms with E-state index >= 15 is 0 Å². The summed E-state index contributed by atoms with van der Waals surface area (Å²) in [6.07, 6.45) is 3.71. The number of rotatable bonds is 2. The van der Waals surface area contributed by atoms with Crippen LogP contribution in [0.1, 0.15) is 5.69 Å². The van der Waals surface area contributed by atoms with Gasteiger partial charge in [0.1, 0.15) is 5.65 Å². The number of aromatic nitrogens is 2. The Morgan fingerprint density at radius 3 is 3.12 bits per heavy atom. The highest BCUT2D eigenvalue weighted by Gasteiger charge is 2.01. The van der Waals surface area contributed by atoms with Crippen molar-refractivity contribution in [3.8, 4) is 0 Å². The van der Waals surface area contributed by atoms with Crippen LogP contribution in [-0.4, -0.2) is 22.4 Å². The fourth-order valence-corrected chi connectivity index (χ4v) is 1.53. The Balaban J connectivity index is 2.20. The standard InChI is InChI=1S/C10H12ClN5/c1-13-10(12)14-4-8-6-16-5-7(11)2-3-9(16)15-8/h2-3,5-6H,4H2,1H3,(H3,12,13,14). The lowest BCUT2D eigenvalue weighted by molar-refractivity contribution is 0.873. The van der Waals surface area contributed by atoms with Gasteiger partial charge in [-0.15, -0.1) is 0 Å². The van der Waals surface area contributed by atoms with Gasteiger partial charge in [-0.1, -0.05) is 11.6 Å². The first kappa shape index (κ1) is 10.8. The molecule has 0 aliphatic carbocycles. The van der Waals surface area contributed by atoms with E-state index in [0.29, 0.717) is 17.5 Å². The van der Waals surface area contributed by atoms with Crippen LogP contribution < -0.4 is 11.1 Å². The largest absolute Gasteiger partial charge is 0.370 e. The predicted octanol–water partition coefficient (Wildman–Crippen LogP) is 1.02. The Bertz CT molecular complexity index is 531. The van der Waals surface area contributed by atoms with Crippen molar-refractivity contribution >= 4 is 23.2 Å². The molecule has 0 fully saturated rings. The molecule has 84 valence electrons. The topological polar surface area (TPSA) is 67.7 Å². The third-order valence-corrected chi connectivity index (χ3v) is 2.38. The lowest BCUT2D eigenvalue weighted by atomic mass is 10.5. The Morgan fingerprint density at radius 1 is 1.56 bits per heavy atom. The number of hydrogen-bond donors (Lipinski definition) is 2.